The molecule has 2 fully saturated rings. The van der Waals surface area contributed by atoms with E-state index < -0.39 is 5.60 Å². The second-order valence-electron chi connectivity index (χ2n) is 5.84. The molecule has 0 radical (unpaired) electrons. The lowest BCUT2D eigenvalue weighted by atomic mass is 10.0. The van der Waals surface area contributed by atoms with Gasteiger partial charge in [-0.05, 0) is 12.1 Å². The molecule has 0 aliphatic carbocycles. The maximum absolute atomic E-state index is 12.2. The Morgan fingerprint density at radius 1 is 1.23 bits per heavy atom. The number of carbonyl (C=O) groups is 1. The molecular formula is C16H22N2O4. The van der Waals surface area contributed by atoms with Crippen LogP contribution in [0.4, 0.5) is 5.69 Å². The van der Waals surface area contributed by atoms with Crippen LogP contribution in [0.2, 0.25) is 0 Å². The van der Waals surface area contributed by atoms with E-state index in [9.17, 15) is 9.90 Å². The highest BCUT2D eigenvalue weighted by Crippen LogP contribution is 2.26. The zero-order valence-electron chi connectivity index (χ0n) is 12.6. The largest absolute Gasteiger partial charge is 0.395 e. The first-order chi connectivity index (χ1) is 10.7. The van der Waals surface area contributed by atoms with Crippen LogP contribution in [0.25, 0.3) is 0 Å². The first-order valence-corrected chi connectivity index (χ1v) is 7.63. The molecule has 120 valence electrons. The fraction of sp³-hybridized carbons (Fsp3) is 0.562. The number of aliphatic hydroxyl groups excluding tert-OH is 1. The first kappa shape index (κ1) is 15.4. The van der Waals surface area contributed by atoms with Crippen LogP contribution in [0.3, 0.4) is 0 Å². The minimum Gasteiger partial charge on any atom is -0.395 e. The highest BCUT2D eigenvalue weighted by molar-refractivity contribution is 5.95. The SMILES string of the molecule is O=C1COC2(COCCN(CCO)C2)CN1c1ccccc1. The van der Waals surface area contributed by atoms with Gasteiger partial charge in [0.2, 0.25) is 0 Å². The second kappa shape index (κ2) is 6.75. The fourth-order valence-corrected chi connectivity index (χ4v) is 3.06. The molecule has 3 rings (SSSR count). The summed E-state index contributed by atoms with van der Waals surface area (Å²) < 4.78 is 11.6. The van der Waals surface area contributed by atoms with Crippen LogP contribution >= 0.6 is 0 Å². The van der Waals surface area contributed by atoms with Crippen LogP contribution in [0.1, 0.15) is 0 Å². The molecule has 2 aliphatic heterocycles. The van der Waals surface area contributed by atoms with Gasteiger partial charge in [0.05, 0.1) is 26.4 Å². The number of rotatable bonds is 3. The number of anilines is 1. The standard InChI is InChI=1S/C16H22N2O4/c19-8-6-17-7-9-21-13-16(11-17)12-18(15(20)10-22-16)14-4-2-1-3-5-14/h1-5,19H,6-13H2. The van der Waals surface area contributed by atoms with Crippen molar-refractivity contribution in [2.75, 3.05) is 57.5 Å². The number of nitrogens with zero attached hydrogens (tertiary/aromatic N) is 2. The second-order valence-corrected chi connectivity index (χ2v) is 5.84. The number of β-amino-alcohol motifs (C(OH)–C–C–N with tert-alkyl or cyclic N) is 1. The summed E-state index contributed by atoms with van der Waals surface area (Å²) in [7, 11) is 0. The lowest BCUT2D eigenvalue weighted by Crippen LogP contribution is -2.61. The fourth-order valence-electron chi connectivity index (χ4n) is 3.06. The minimum absolute atomic E-state index is 0.0326. The van der Waals surface area contributed by atoms with Gasteiger partial charge in [-0.25, -0.2) is 0 Å². The number of hydrogen-bond acceptors (Lipinski definition) is 5. The zero-order chi connectivity index (χ0) is 15.4. The third-order valence-corrected chi connectivity index (χ3v) is 4.16. The van der Waals surface area contributed by atoms with Gasteiger partial charge in [0, 0.05) is 25.3 Å². The third kappa shape index (κ3) is 3.30. The molecule has 1 N–H and O–H groups in total. The molecule has 0 saturated carbocycles. The Labute approximate surface area is 130 Å². The Kier molecular flexibility index (Phi) is 4.73. The van der Waals surface area contributed by atoms with E-state index in [1.54, 1.807) is 4.90 Å². The number of para-hydroxylation sites is 1. The maximum atomic E-state index is 12.2. The Bertz CT molecular complexity index is 510. The number of aliphatic hydroxyl groups is 1. The van der Waals surface area contributed by atoms with Gasteiger partial charge in [-0.15, -0.1) is 0 Å². The Morgan fingerprint density at radius 2 is 2.05 bits per heavy atom. The van der Waals surface area contributed by atoms with Crippen molar-refractivity contribution >= 4 is 11.6 Å². The lowest BCUT2D eigenvalue weighted by Gasteiger charge is -2.43. The van der Waals surface area contributed by atoms with Crippen LogP contribution in [-0.2, 0) is 14.3 Å². The van der Waals surface area contributed by atoms with E-state index >= 15 is 0 Å². The average Bonchev–Trinajstić information content (AvgIpc) is 2.74. The van der Waals surface area contributed by atoms with Crippen molar-refractivity contribution in [3.63, 3.8) is 0 Å². The monoisotopic (exact) mass is 306 g/mol. The van der Waals surface area contributed by atoms with E-state index in [1.165, 1.54) is 0 Å². The van der Waals surface area contributed by atoms with Crippen molar-refractivity contribution in [3.8, 4) is 0 Å². The number of carbonyl (C=O) groups excluding carboxylic acids is 1. The van der Waals surface area contributed by atoms with Gasteiger partial charge >= 0.3 is 0 Å². The van der Waals surface area contributed by atoms with E-state index in [0.29, 0.717) is 32.8 Å². The van der Waals surface area contributed by atoms with Crippen molar-refractivity contribution in [2.24, 2.45) is 0 Å². The van der Waals surface area contributed by atoms with Crippen LogP contribution in [-0.4, -0.2) is 74.1 Å². The lowest BCUT2D eigenvalue weighted by molar-refractivity contribution is -0.146. The van der Waals surface area contributed by atoms with Gasteiger partial charge in [-0.2, -0.15) is 0 Å². The van der Waals surface area contributed by atoms with Crippen molar-refractivity contribution in [1.29, 1.82) is 0 Å². The molecule has 2 heterocycles. The normalized spacial score (nSPS) is 27.1. The summed E-state index contributed by atoms with van der Waals surface area (Å²) in [6, 6.07) is 9.64. The Morgan fingerprint density at radius 3 is 2.82 bits per heavy atom. The van der Waals surface area contributed by atoms with Gasteiger partial charge in [0.25, 0.3) is 5.91 Å². The molecule has 1 aromatic carbocycles. The summed E-state index contributed by atoms with van der Waals surface area (Å²) in [6.45, 7) is 3.74. The summed E-state index contributed by atoms with van der Waals surface area (Å²) in [4.78, 5) is 16.1. The highest BCUT2D eigenvalue weighted by Gasteiger charge is 2.43. The highest BCUT2D eigenvalue weighted by atomic mass is 16.6. The summed E-state index contributed by atoms with van der Waals surface area (Å²) >= 11 is 0. The summed E-state index contributed by atoms with van der Waals surface area (Å²) in [6.07, 6.45) is 0. The molecule has 0 aromatic heterocycles. The number of morpholine rings is 1. The summed E-state index contributed by atoms with van der Waals surface area (Å²) in [5.41, 5.74) is 0.350. The van der Waals surface area contributed by atoms with Crippen LogP contribution in [0.15, 0.2) is 30.3 Å². The molecule has 1 atom stereocenters. The molecular weight excluding hydrogens is 284 g/mol. The zero-order valence-corrected chi connectivity index (χ0v) is 12.6. The molecule has 1 amide bonds. The van der Waals surface area contributed by atoms with Gasteiger partial charge in [0.1, 0.15) is 12.2 Å². The van der Waals surface area contributed by atoms with Crippen molar-refractivity contribution < 1.29 is 19.4 Å². The summed E-state index contributed by atoms with van der Waals surface area (Å²) in [5.74, 6) is -0.0326. The predicted molar refractivity (Wildman–Crippen MR) is 81.8 cm³/mol. The molecule has 6 heteroatoms. The van der Waals surface area contributed by atoms with E-state index in [0.717, 1.165) is 12.2 Å². The summed E-state index contributed by atoms with van der Waals surface area (Å²) in [5, 5.41) is 9.18. The van der Waals surface area contributed by atoms with E-state index in [2.05, 4.69) is 4.90 Å². The van der Waals surface area contributed by atoms with Crippen molar-refractivity contribution in [1.82, 2.24) is 4.90 Å². The van der Waals surface area contributed by atoms with Crippen LogP contribution < -0.4 is 4.90 Å². The topological polar surface area (TPSA) is 62.2 Å². The molecule has 2 saturated heterocycles. The van der Waals surface area contributed by atoms with Crippen LogP contribution in [0, 0.1) is 0 Å². The van der Waals surface area contributed by atoms with Crippen LogP contribution in [0.5, 0.6) is 0 Å². The number of amides is 1. The molecule has 1 aromatic rings. The number of benzene rings is 1. The van der Waals surface area contributed by atoms with E-state index in [1.807, 2.05) is 30.3 Å². The Hall–Kier alpha value is -1.47. The minimum atomic E-state index is -0.532. The Balaban J connectivity index is 1.80. The smallest absolute Gasteiger partial charge is 0.253 e. The average molecular weight is 306 g/mol. The number of ether oxygens (including phenoxy) is 2. The molecule has 1 unspecified atom stereocenters. The maximum Gasteiger partial charge on any atom is 0.253 e. The molecule has 0 bridgehead atoms. The van der Waals surface area contributed by atoms with E-state index in [4.69, 9.17) is 9.47 Å². The number of hydrogen-bond donors (Lipinski definition) is 1. The third-order valence-electron chi connectivity index (χ3n) is 4.16. The predicted octanol–water partition coefficient (Wildman–Crippen LogP) is 0.113. The van der Waals surface area contributed by atoms with Gasteiger partial charge in [0.15, 0.2) is 0 Å². The van der Waals surface area contributed by atoms with Crippen molar-refractivity contribution in [3.05, 3.63) is 30.3 Å². The molecule has 2 aliphatic rings. The van der Waals surface area contributed by atoms with E-state index in [-0.39, 0.29) is 19.1 Å². The van der Waals surface area contributed by atoms with Crippen molar-refractivity contribution in [2.45, 2.75) is 5.60 Å². The molecule has 6 nitrogen and oxygen atoms in total. The van der Waals surface area contributed by atoms with Gasteiger partial charge in [-0.3, -0.25) is 9.69 Å². The quantitative estimate of drug-likeness (QED) is 0.859. The first-order valence-electron chi connectivity index (χ1n) is 7.63. The van der Waals surface area contributed by atoms with Gasteiger partial charge < -0.3 is 19.5 Å². The van der Waals surface area contributed by atoms with Gasteiger partial charge in [-0.1, -0.05) is 18.2 Å². The molecule has 22 heavy (non-hydrogen) atoms. The molecule has 1 spiro atoms.